The summed E-state index contributed by atoms with van der Waals surface area (Å²) in [7, 11) is -6.87. The van der Waals surface area contributed by atoms with Crippen LogP contribution in [0.5, 0.6) is 0 Å². The molecule has 0 aliphatic carbocycles. The second-order valence-electron chi connectivity index (χ2n) is 5.43. The molecule has 1 heterocycles. The maximum absolute atomic E-state index is 12.6. The Labute approximate surface area is 146 Å². The van der Waals surface area contributed by atoms with Gasteiger partial charge in [-0.2, -0.15) is 8.61 Å². The van der Waals surface area contributed by atoms with Crippen molar-refractivity contribution in [3.63, 3.8) is 0 Å². The van der Waals surface area contributed by atoms with Crippen molar-refractivity contribution in [1.29, 1.82) is 0 Å². The summed E-state index contributed by atoms with van der Waals surface area (Å²) in [6, 6.07) is 6.53. The first-order valence-corrected chi connectivity index (χ1v) is 11.3. The highest BCUT2D eigenvalue weighted by molar-refractivity contribution is 9.10. The zero-order valence-corrected chi connectivity index (χ0v) is 16.2. The number of benzene rings is 1. The van der Waals surface area contributed by atoms with Gasteiger partial charge in [0.1, 0.15) is 0 Å². The van der Waals surface area contributed by atoms with Gasteiger partial charge in [-0.1, -0.05) is 35.3 Å². The van der Waals surface area contributed by atoms with Crippen molar-refractivity contribution in [3.8, 4) is 0 Å². The molecule has 1 saturated heterocycles. The summed E-state index contributed by atoms with van der Waals surface area (Å²) in [5.74, 6) is 0.127. The molecular formula is C14H21BrN2O4S2. The zero-order chi connectivity index (χ0) is 17.1. The van der Waals surface area contributed by atoms with E-state index in [-0.39, 0.29) is 36.8 Å². The fraction of sp³-hybridized carbons (Fsp3) is 0.571. The van der Waals surface area contributed by atoms with Crippen molar-refractivity contribution in [1.82, 2.24) is 8.61 Å². The van der Waals surface area contributed by atoms with Crippen LogP contribution >= 0.6 is 15.9 Å². The summed E-state index contributed by atoms with van der Waals surface area (Å²) in [6.07, 6.45) is 1.44. The minimum Gasteiger partial charge on any atom is -0.212 e. The number of halogens is 1. The Balaban J connectivity index is 2.07. The summed E-state index contributed by atoms with van der Waals surface area (Å²) in [5, 5.41) is 0. The number of piperazine rings is 1. The fourth-order valence-corrected chi connectivity index (χ4v) is 6.07. The third kappa shape index (κ3) is 4.54. The lowest BCUT2D eigenvalue weighted by Gasteiger charge is -2.33. The quantitative estimate of drug-likeness (QED) is 0.698. The Kier molecular flexibility index (Phi) is 6.23. The fourth-order valence-electron chi connectivity index (χ4n) is 2.42. The molecule has 0 N–H and O–H groups in total. The predicted molar refractivity (Wildman–Crippen MR) is 93.2 cm³/mol. The Bertz CT molecular complexity index is 742. The molecule has 0 aromatic heterocycles. The number of nitrogens with zero attached hydrogens (tertiary/aromatic N) is 2. The molecule has 23 heavy (non-hydrogen) atoms. The summed E-state index contributed by atoms with van der Waals surface area (Å²) >= 11 is 3.27. The summed E-state index contributed by atoms with van der Waals surface area (Å²) in [5.41, 5.74) is 0. The lowest BCUT2D eigenvalue weighted by atomic mass is 10.4. The minimum absolute atomic E-state index is 0.127. The SMILES string of the molecule is CCCCS(=O)(=O)N1CCN(S(=O)(=O)c2cccc(Br)c2)CC1. The van der Waals surface area contributed by atoms with Crippen molar-refractivity contribution in [2.45, 2.75) is 24.7 Å². The van der Waals surface area contributed by atoms with Gasteiger partial charge in [-0.05, 0) is 24.6 Å². The van der Waals surface area contributed by atoms with E-state index < -0.39 is 20.0 Å². The van der Waals surface area contributed by atoms with E-state index in [9.17, 15) is 16.8 Å². The number of sulfonamides is 2. The lowest BCUT2D eigenvalue weighted by Crippen LogP contribution is -2.50. The first-order valence-electron chi connectivity index (χ1n) is 7.51. The van der Waals surface area contributed by atoms with Crippen molar-refractivity contribution in [2.75, 3.05) is 31.9 Å². The predicted octanol–water partition coefficient (Wildman–Crippen LogP) is 1.89. The van der Waals surface area contributed by atoms with Crippen molar-refractivity contribution < 1.29 is 16.8 Å². The van der Waals surface area contributed by atoms with Crippen LogP contribution in [0, 0.1) is 0 Å². The van der Waals surface area contributed by atoms with Gasteiger partial charge in [-0.3, -0.25) is 0 Å². The Morgan fingerprint density at radius 3 is 2.22 bits per heavy atom. The second-order valence-corrected chi connectivity index (χ2v) is 10.4. The molecule has 1 aromatic carbocycles. The van der Waals surface area contributed by atoms with Gasteiger partial charge >= 0.3 is 0 Å². The van der Waals surface area contributed by atoms with Crippen LogP contribution in [0.25, 0.3) is 0 Å². The van der Waals surface area contributed by atoms with Gasteiger partial charge in [0, 0.05) is 30.7 Å². The maximum Gasteiger partial charge on any atom is 0.243 e. The standard InChI is InChI=1S/C14H21BrN2O4S2/c1-2-3-11-22(18,19)16-7-9-17(10-8-16)23(20,21)14-6-4-5-13(15)12-14/h4-6,12H,2-3,7-11H2,1H3. The molecule has 0 radical (unpaired) electrons. The third-order valence-corrected chi connectivity index (χ3v) is 8.13. The minimum atomic E-state index is -3.59. The number of hydrogen-bond donors (Lipinski definition) is 0. The summed E-state index contributed by atoms with van der Waals surface area (Å²) in [6.45, 7) is 2.72. The van der Waals surface area contributed by atoms with Crippen molar-refractivity contribution in [2.24, 2.45) is 0 Å². The molecule has 0 spiro atoms. The van der Waals surface area contributed by atoms with Gasteiger partial charge in [0.25, 0.3) is 0 Å². The van der Waals surface area contributed by atoms with E-state index in [1.807, 2.05) is 6.92 Å². The van der Waals surface area contributed by atoms with Crippen LogP contribution < -0.4 is 0 Å². The highest BCUT2D eigenvalue weighted by Crippen LogP contribution is 2.22. The van der Waals surface area contributed by atoms with Crippen LogP contribution in [-0.2, 0) is 20.0 Å². The molecule has 0 saturated carbocycles. The van der Waals surface area contributed by atoms with Crippen LogP contribution in [0.1, 0.15) is 19.8 Å². The van der Waals surface area contributed by atoms with Gasteiger partial charge in [-0.15, -0.1) is 0 Å². The largest absolute Gasteiger partial charge is 0.243 e. The zero-order valence-electron chi connectivity index (χ0n) is 13.0. The molecule has 0 atom stereocenters. The van der Waals surface area contributed by atoms with Crippen LogP contribution in [0.15, 0.2) is 33.6 Å². The average molecular weight is 425 g/mol. The van der Waals surface area contributed by atoms with E-state index in [2.05, 4.69) is 15.9 Å². The summed E-state index contributed by atoms with van der Waals surface area (Å²) in [4.78, 5) is 0.217. The molecule has 0 unspecified atom stereocenters. The van der Waals surface area contributed by atoms with E-state index in [0.29, 0.717) is 10.9 Å². The van der Waals surface area contributed by atoms with Crippen LogP contribution in [-0.4, -0.2) is 57.4 Å². The van der Waals surface area contributed by atoms with Crippen LogP contribution in [0.3, 0.4) is 0 Å². The molecule has 1 aliphatic rings. The highest BCUT2D eigenvalue weighted by atomic mass is 79.9. The summed E-state index contributed by atoms with van der Waals surface area (Å²) < 4.78 is 53.0. The Morgan fingerprint density at radius 2 is 1.65 bits per heavy atom. The van der Waals surface area contributed by atoms with E-state index in [0.717, 1.165) is 6.42 Å². The Morgan fingerprint density at radius 1 is 1.04 bits per heavy atom. The van der Waals surface area contributed by atoms with Gasteiger partial charge in [0.2, 0.25) is 20.0 Å². The third-order valence-electron chi connectivity index (χ3n) is 3.78. The lowest BCUT2D eigenvalue weighted by molar-refractivity contribution is 0.272. The molecule has 130 valence electrons. The number of rotatable bonds is 6. The van der Waals surface area contributed by atoms with Gasteiger partial charge in [0.15, 0.2) is 0 Å². The van der Waals surface area contributed by atoms with Crippen molar-refractivity contribution in [3.05, 3.63) is 28.7 Å². The number of hydrogen-bond acceptors (Lipinski definition) is 4. The monoisotopic (exact) mass is 424 g/mol. The molecule has 0 amide bonds. The molecule has 9 heteroatoms. The van der Waals surface area contributed by atoms with Crippen molar-refractivity contribution >= 4 is 36.0 Å². The first kappa shape index (κ1) is 18.9. The second kappa shape index (κ2) is 7.60. The molecule has 0 bridgehead atoms. The Hall–Kier alpha value is -0.480. The average Bonchev–Trinajstić information content (AvgIpc) is 2.53. The smallest absolute Gasteiger partial charge is 0.212 e. The molecule has 1 aliphatic heterocycles. The normalized spacial score (nSPS) is 18.2. The molecular weight excluding hydrogens is 404 g/mol. The van der Waals surface area contributed by atoms with Gasteiger partial charge in [-0.25, -0.2) is 16.8 Å². The van der Waals surface area contributed by atoms with Crippen LogP contribution in [0.4, 0.5) is 0 Å². The maximum atomic E-state index is 12.6. The van der Waals surface area contributed by atoms with E-state index >= 15 is 0 Å². The topological polar surface area (TPSA) is 74.8 Å². The molecule has 1 fully saturated rings. The van der Waals surface area contributed by atoms with Crippen LogP contribution in [0.2, 0.25) is 0 Å². The van der Waals surface area contributed by atoms with E-state index in [1.54, 1.807) is 24.3 Å². The highest BCUT2D eigenvalue weighted by Gasteiger charge is 2.32. The van der Waals surface area contributed by atoms with Gasteiger partial charge in [0.05, 0.1) is 10.6 Å². The van der Waals surface area contributed by atoms with Gasteiger partial charge < -0.3 is 0 Å². The first-order chi connectivity index (χ1) is 10.8. The van der Waals surface area contributed by atoms with E-state index in [1.165, 1.54) is 8.61 Å². The van der Waals surface area contributed by atoms with E-state index in [4.69, 9.17) is 0 Å². The molecule has 6 nitrogen and oxygen atoms in total. The molecule has 1 aromatic rings. The number of unbranched alkanes of at least 4 members (excludes halogenated alkanes) is 1. The molecule has 2 rings (SSSR count).